The number of para-hydroxylation sites is 1. The first kappa shape index (κ1) is 28.1. The number of amides is 2. The normalized spacial score (nSPS) is 16.3. The number of nitrogens with one attached hydrogen (secondary N) is 3. The molecule has 2 atom stereocenters. The number of fused-ring (bicyclic) bond motifs is 2. The van der Waals surface area contributed by atoms with Gasteiger partial charge in [-0.25, -0.2) is 0 Å². The number of benzene rings is 3. The van der Waals surface area contributed by atoms with Gasteiger partial charge in [-0.05, 0) is 61.3 Å². The topological polar surface area (TPSA) is 112 Å². The second-order valence-corrected chi connectivity index (χ2v) is 9.87. The molecule has 214 valence electrons. The van der Waals surface area contributed by atoms with Crippen molar-refractivity contribution in [3.05, 3.63) is 71.5 Å². The zero-order valence-electron chi connectivity index (χ0n) is 22.7. The molecular weight excluding hydrogens is 537 g/mol. The summed E-state index contributed by atoms with van der Waals surface area (Å²) in [5.74, 6) is -1.16. The van der Waals surface area contributed by atoms with Crippen LogP contribution in [0, 0.1) is 0 Å². The van der Waals surface area contributed by atoms with E-state index >= 15 is 0 Å². The summed E-state index contributed by atoms with van der Waals surface area (Å²) in [5, 5.41) is 14.1. The number of hydrogen-bond acceptors (Lipinski definition) is 6. The van der Waals surface area contributed by atoms with Crippen LogP contribution in [0.3, 0.4) is 0 Å². The van der Waals surface area contributed by atoms with Crippen molar-refractivity contribution in [2.24, 2.45) is 0 Å². The summed E-state index contributed by atoms with van der Waals surface area (Å²) in [7, 11) is 3.21. The van der Waals surface area contributed by atoms with E-state index in [0.717, 1.165) is 16.6 Å². The van der Waals surface area contributed by atoms with Crippen LogP contribution in [0.5, 0.6) is 5.75 Å². The summed E-state index contributed by atoms with van der Waals surface area (Å²) >= 11 is 0. The number of H-pyrrole nitrogens is 1. The van der Waals surface area contributed by atoms with Gasteiger partial charge >= 0.3 is 6.18 Å². The molecular formula is C29H29F3N6O3. The molecule has 2 amide bonds. The number of aryl methyl sites for hydroxylation is 1. The van der Waals surface area contributed by atoms with E-state index in [1.54, 1.807) is 49.2 Å². The molecule has 5 rings (SSSR count). The summed E-state index contributed by atoms with van der Waals surface area (Å²) in [6, 6.07) is 15.1. The fourth-order valence-electron chi connectivity index (χ4n) is 4.99. The molecule has 0 aliphatic carbocycles. The number of methoxy groups -OCH3 is 1. The summed E-state index contributed by atoms with van der Waals surface area (Å²) in [6.45, 7) is 1.87. The Kier molecular flexibility index (Phi) is 7.68. The third-order valence-electron chi connectivity index (χ3n) is 7.34. The largest absolute Gasteiger partial charge is 0.496 e. The van der Waals surface area contributed by atoms with E-state index in [4.69, 9.17) is 4.74 Å². The number of rotatable bonds is 7. The van der Waals surface area contributed by atoms with Crippen molar-refractivity contribution in [3.8, 4) is 17.1 Å². The summed E-state index contributed by atoms with van der Waals surface area (Å²) in [4.78, 5) is 30.5. The van der Waals surface area contributed by atoms with Gasteiger partial charge in [0.25, 0.3) is 0 Å². The summed E-state index contributed by atoms with van der Waals surface area (Å²) in [5.41, 5.74) is 2.86. The van der Waals surface area contributed by atoms with Crippen LogP contribution in [-0.4, -0.2) is 53.2 Å². The number of alkyl halides is 3. The number of aromatic nitrogens is 3. The van der Waals surface area contributed by atoms with E-state index in [9.17, 15) is 22.8 Å². The summed E-state index contributed by atoms with van der Waals surface area (Å²) < 4.78 is 44.8. The molecule has 1 aromatic heterocycles. The Hall–Kier alpha value is -4.45. The fraction of sp³-hybridized carbons (Fsp3) is 0.310. The average Bonchev–Trinajstić information content (AvgIpc) is 3.44. The van der Waals surface area contributed by atoms with Crippen LogP contribution in [0.25, 0.3) is 22.2 Å². The van der Waals surface area contributed by atoms with Crippen molar-refractivity contribution >= 4 is 28.3 Å². The van der Waals surface area contributed by atoms with Crippen LogP contribution in [0.2, 0.25) is 0 Å². The molecule has 12 heteroatoms. The lowest BCUT2D eigenvalue weighted by atomic mass is 9.99. The van der Waals surface area contributed by atoms with E-state index in [0.29, 0.717) is 35.1 Å². The number of carbonyl (C=O) groups is 2. The highest BCUT2D eigenvalue weighted by atomic mass is 19.4. The van der Waals surface area contributed by atoms with Crippen molar-refractivity contribution < 1.29 is 27.5 Å². The number of ether oxygens (including phenoxy) is 1. The van der Waals surface area contributed by atoms with Crippen LogP contribution < -0.4 is 20.3 Å². The third-order valence-corrected chi connectivity index (χ3v) is 7.34. The minimum absolute atomic E-state index is 0.0115. The monoisotopic (exact) mass is 566 g/mol. The van der Waals surface area contributed by atoms with Gasteiger partial charge in [-0.3, -0.25) is 9.59 Å². The maximum atomic E-state index is 14.0. The van der Waals surface area contributed by atoms with Crippen molar-refractivity contribution in [1.82, 2.24) is 25.8 Å². The van der Waals surface area contributed by atoms with E-state index < -0.39 is 24.1 Å². The quantitative estimate of drug-likeness (QED) is 0.309. The molecule has 2 heterocycles. The highest BCUT2D eigenvalue weighted by Crippen LogP contribution is 2.36. The third kappa shape index (κ3) is 5.60. The number of anilines is 1. The Morgan fingerprint density at radius 3 is 2.66 bits per heavy atom. The number of halogens is 3. The Bertz CT molecular complexity index is 1600. The van der Waals surface area contributed by atoms with Crippen LogP contribution in [0.1, 0.15) is 30.3 Å². The second-order valence-electron chi connectivity index (χ2n) is 9.87. The lowest BCUT2D eigenvalue weighted by molar-refractivity contribution is -0.144. The van der Waals surface area contributed by atoms with E-state index in [1.807, 2.05) is 24.3 Å². The molecule has 0 bridgehead atoms. The maximum Gasteiger partial charge on any atom is 0.451 e. The van der Waals surface area contributed by atoms with Crippen molar-refractivity contribution in [1.29, 1.82) is 0 Å². The van der Waals surface area contributed by atoms with E-state index in [2.05, 4.69) is 25.8 Å². The maximum absolute atomic E-state index is 14.0. The number of nitrogens with zero attached hydrogens (tertiary/aromatic N) is 3. The number of likely N-dealkylation sites (N-methyl/N-ethyl adjacent to an activating group) is 1. The van der Waals surface area contributed by atoms with Crippen LogP contribution >= 0.6 is 0 Å². The molecule has 0 spiro atoms. The molecule has 3 aromatic carbocycles. The number of hydrogen-bond donors (Lipinski definition) is 3. The zero-order valence-corrected chi connectivity index (χ0v) is 22.7. The Balaban J connectivity index is 1.54. The predicted molar refractivity (Wildman–Crippen MR) is 147 cm³/mol. The molecule has 0 saturated heterocycles. The number of aromatic amines is 1. The van der Waals surface area contributed by atoms with E-state index in [-0.39, 0.29) is 24.2 Å². The molecule has 3 N–H and O–H groups in total. The Morgan fingerprint density at radius 2 is 1.95 bits per heavy atom. The molecule has 41 heavy (non-hydrogen) atoms. The van der Waals surface area contributed by atoms with Gasteiger partial charge in [-0.1, -0.05) is 36.4 Å². The van der Waals surface area contributed by atoms with Gasteiger partial charge in [-0.2, -0.15) is 13.2 Å². The minimum Gasteiger partial charge on any atom is -0.496 e. The standard InChI is InChI=1S/C29H29F3N6O3/c1-16(33-2)26(39)34-22-12-9-17-6-4-5-7-23(17)38(27(22)40)15-21-20-11-8-19(14-18(20)10-13-24(21)41-3)25-35-28(37-36-25)29(30,31)32/h4-8,10-11,13-14,16,22,33H,9,12,15H2,1-3H3,(H,34,39)(H,35,36,37)/t16-,22-/m0/s1. The van der Waals surface area contributed by atoms with Crippen LogP contribution in [0.4, 0.5) is 18.9 Å². The first-order valence-corrected chi connectivity index (χ1v) is 13.1. The predicted octanol–water partition coefficient (Wildman–Crippen LogP) is 4.22. The smallest absolute Gasteiger partial charge is 0.451 e. The van der Waals surface area contributed by atoms with Gasteiger partial charge in [0.2, 0.25) is 17.6 Å². The van der Waals surface area contributed by atoms with Crippen molar-refractivity contribution in [2.75, 3.05) is 19.1 Å². The molecule has 4 aromatic rings. The Labute approximate surface area is 234 Å². The van der Waals surface area contributed by atoms with Gasteiger partial charge in [-0.15, -0.1) is 10.2 Å². The van der Waals surface area contributed by atoms with Gasteiger partial charge in [0.1, 0.15) is 11.8 Å². The zero-order chi connectivity index (χ0) is 29.3. The highest BCUT2D eigenvalue weighted by molar-refractivity contribution is 6.02. The molecule has 9 nitrogen and oxygen atoms in total. The van der Waals surface area contributed by atoms with E-state index in [1.165, 1.54) is 7.11 Å². The van der Waals surface area contributed by atoms with Gasteiger partial charge in [0.05, 0.1) is 19.7 Å². The SMILES string of the molecule is CN[C@@H](C)C(=O)N[C@H]1CCc2ccccc2N(Cc2c(OC)ccc3cc(-c4nnc(C(F)(F)F)[nH]4)ccc23)C1=O. The Morgan fingerprint density at radius 1 is 1.17 bits per heavy atom. The fourth-order valence-corrected chi connectivity index (χ4v) is 4.99. The number of carbonyl (C=O) groups excluding carboxylic acids is 2. The lowest BCUT2D eigenvalue weighted by Gasteiger charge is -2.28. The molecule has 0 saturated carbocycles. The molecule has 1 aliphatic heterocycles. The summed E-state index contributed by atoms with van der Waals surface area (Å²) in [6.07, 6.45) is -3.59. The van der Waals surface area contributed by atoms with Crippen molar-refractivity contribution in [3.63, 3.8) is 0 Å². The van der Waals surface area contributed by atoms with Crippen LogP contribution in [-0.2, 0) is 28.7 Å². The lowest BCUT2D eigenvalue weighted by Crippen LogP contribution is -2.52. The second kappa shape index (κ2) is 11.2. The van der Waals surface area contributed by atoms with Gasteiger partial charge in [0.15, 0.2) is 5.82 Å². The van der Waals surface area contributed by atoms with Crippen LogP contribution in [0.15, 0.2) is 54.6 Å². The average molecular weight is 567 g/mol. The minimum atomic E-state index is -4.64. The molecule has 1 aliphatic rings. The van der Waals surface area contributed by atoms with Gasteiger partial charge in [0, 0.05) is 16.8 Å². The first-order valence-electron chi connectivity index (χ1n) is 13.1. The molecule has 0 radical (unpaired) electrons. The van der Waals surface area contributed by atoms with Gasteiger partial charge < -0.3 is 25.3 Å². The highest BCUT2D eigenvalue weighted by Gasteiger charge is 2.36. The first-order chi connectivity index (χ1) is 19.6. The molecule has 0 fully saturated rings. The van der Waals surface area contributed by atoms with Crippen molar-refractivity contribution in [2.45, 2.75) is 44.6 Å². The molecule has 0 unspecified atom stereocenters.